The Labute approximate surface area is 321 Å². The summed E-state index contributed by atoms with van der Waals surface area (Å²) in [6.07, 6.45) is 8.51. The minimum atomic E-state index is 0.457. The van der Waals surface area contributed by atoms with Crippen LogP contribution in [0.3, 0.4) is 0 Å². The number of hydrogen-bond donors (Lipinski definition) is 0. The maximum absolute atomic E-state index is 6.78. The Kier molecular flexibility index (Phi) is 9.81. The van der Waals surface area contributed by atoms with E-state index in [1.807, 2.05) is 36.7 Å². The first-order chi connectivity index (χ1) is 26.7. The maximum atomic E-state index is 6.78. The third kappa shape index (κ3) is 7.67. The summed E-state index contributed by atoms with van der Waals surface area (Å²) in [6.45, 7) is 13.1. The third-order valence-electron chi connectivity index (χ3n) is 9.66. The lowest BCUT2D eigenvalue weighted by atomic mass is 9.99. The Balaban J connectivity index is 1.22. The lowest BCUT2D eigenvalue weighted by Crippen LogP contribution is -2.01. The molecule has 0 bridgehead atoms. The van der Waals surface area contributed by atoms with Crippen molar-refractivity contribution in [3.8, 4) is 51.5 Å². The van der Waals surface area contributed by atoms with Gasteiger partial charge in [-0.15, -0.1) is 0 Å². The highest BCUT2D eigenvalue weighted by atomic mass is 16.5. The predicted octanol–water partition coefficient (Wildman–Crippen LogP) is 11.7. The predicted molar refractivity (Wildman–Crippen MR) is 220 cm³/mol. The first-order valence-electron chi connectivity index (χ1n) is 18.9. The van der Waals surface area contributed by atoms with E-state index in [9.17, 15) is 0 Å². The van der Waals surface area contributed by atoms with Gasteiger partial charge in [0.2, 0.25) is 5.95 Å². The monoisotopic (exact) mass is 724 g/mol. The fourth-order valence-corrected chi connectivity index (χ4v) is 7.15. The molecule has 8 rings (SSSR count). The first-order valence-corrected chi connectivity index (χ1v) is 18.9. The second-order valence-corrected chi connectivity index (χ2v) is 15.1. The van der Waals surface area contributed by atoms with E-state index in [1.165, 1.54) is 12.7 Å². The molecule has 274 valence electrons. The van der Waals surface area contributed by atoms with E-state index in [4.69, 9.17) is 9.47 Å². The van der Waals surface area contributed by atoms with Gasteiger partial charge in [0.25, 0.3) is 0 Å². The molecule has 4 heterocycles. The summed E-state index contributed by atoms with van der Waals surface area (Å²) in [5, 5.41) is 2.09. The van der Waals surface area contributed by atoms with Crippen molar-refractivity contribution in [1.82, 2.24) is 29.5 Å². The van der Waals surface area contributed by atoms with Crippen LogP contribution in [-0.4, -0.2) is 29.5 Å². The molecule has 0 aliphatic carbocycles. The number of aromatic nitrogens is 6. The van der Waals surface area contributed by atoms with E-state index in [-0.39, 0.29) is 0 Å². The van der Waals surface area contributed by atoms with E-state index in [0.29, 0.717) is 29.3 Å². The molecule has 0 saturated heterocycles. The van der Waals surface area contributed by atoms with Crippen LogP contribution in [0.5, 0.6) is 23.0 Å². The van der Waals surface area contributed by atoms with Crippen molar-refractivity contribution in [3.63, 3.8) is 0 Å². The average Bonchev–Trinajstić information content (AvgIpc) is 3.49. The lowest BCUT2D eigenvalue weighted by Gasteiger charge is -2.15. The van der Waals surface area contributed by atoms with Crippen molar-refractivity contribution in [1.29, 1.82) is 0 Å². The normalized spacial score (nSPS) is 11.6. The van der Waals surface area contributed by atoms with Crippen LogP contribution in [-0.2, 0) is 12.8 Å². The summed E-state index contributed by atoms with van der Waals surface area (Å²) < 4.78 is 15.6. The Bertz CT molecular complexity index is 2490. The van der Waals surface area contributed by atoms with Gasteiger partial charge in [-0.3, -0.25) is 14.5 Å². The van der Waals surface area contributed by atoms with Gasteiger partial charge in [-0.2, -0.15) is 0 Å². The van der Waals surface area contributed by atoms with Gasteiger partial charge in [-0.25, -0.2) is 15.0 Å². The molecule has 0 aliphatic rings. The van der Waals surface area contributed by atoms with Crippen LogP contribution in [0.15, 0.2) is 122 Å². The van der Waals surface area contributed by atoms with Crippen molar-refractivity contribution in [2.45, 2.75) is 54.4 Å². The topological polar surface area (TPSA) is 87.8 Å². The number of rotatable bonds is 11. The standard InChI is InChI=1S/C47H44N6O2/c1-29(2)19-35-9-7-33(41-21-31(5)15-17-49-41)23-45(35)54-37-11-13-39-40-14-12-38(26-44(40)53(43(39)25-37)47-51-27-48-28-52-47)55-46-24-34(8-10-36(46)20-30(3)4)42-22-32(6)16-18-50-42/h7-18,21-30H,19-20H2,1-6H3. The first kappa shape index (κ1) is 35.6. The zero-order chi connectivity index (χ0) is 38.1. The highest BCUT2D eigenvalue weighted by Gasteiger charge is 2.19. The molecule has 0 N–H and O–H groups in total. The summed E-state index contributed by atoms with van der Waals surface area (Å²) >= 11 is 0. The molecule has 8 heteroatoms. The molecule has 0 unspecified atom stereocenters. The Hall–Kier alpha value is -6.41. The van der Waals surface area contributed by atoms with E-state index in [2.05, 4.69) is 144 Å². The summed E-state index contributed by atoms with van der Waals surface area (Å²) in [7, 11) is 0. The van der Waals surface area contributed by atoms with Gasteiger partial charge >= 0.3 is 0 Å². The number of pyridine rings is 2. The molecule has 8 nitrogen and oxygen atoms in total. The van der Waals surface area contributed by atoms with Gasteiger partial charge in [0.1, 0.15) is 35.7 Å². The van der Waals surface area contributed by atoms with Gasteiger partial charge in [0.05, 0.1) is 22.4 Å². The van der Waals surface area contributed by atoms with E-state index in [0.717, 1.165) is 90.9 Å². The van der Waals surface area contributed by atoms with Crippen molar-refractivity contribution < 1.29 is 9.47 Å². The Morgan fingerprint density at radius 1 is 0.527 bits per heavy atom. The number of hydrogen-bond acceptors (Lipinski definition) is 7. The molecule has 8 aromatic rings. The number of ether oxygens (including phenoxy) is 2. The molecule has 4 aromatic heterocycles. The maximum Gasteiger partial charge on any atom is 0.237 e. The fourth-order valence-electron chi connectivity index (χ4n) is 7.15. The molecule has 0 aliphatic heterocycles. The molecule has 0 radical (unpaired) electrons. The zero-order valence-electron chi connectivity index (χ0n) is 32.1. The fraction of sp³-hybridized carbons (Fsp3) is 0.213. The van der Waals surface area contributed by atoms with Crippen LogP contribution < -0.4 is 9.47 Å². The van der Waals surface area contributed by atoms with Crippen molar-refractivity contribution in [2.24, 2.45) is 11.8 Å². The number of benzene rings is 4. The second kappa shape index (κ2) is 15.1. The minimum Gasteiger partial charge on any atom is -0.457 e. The molecular formula is C47H44N6O2. The van der Waals surface area contributed by atoms with E-state index in [1.54, 1.807) is 0 Å². The smallest absolute Gasteiger partial charge is 0.237 e. The van der Waals surface area contributed by atoms with Gasteiger partial charge in [0.15, 0.2) is 0 Å². The number of aryl methyl sites for hydroxylation is 2. The van der Waals surface area contributed by atoms with Gasteiger partial charge in [0, 0.05) is 46.4 Å². The number of nitrogens with zero attached hydrogens (tertiary/aromatic N) is 6. The van der Waals surface area contributed by atoms with Gasteiger partial charge in [-0.1, -0.05) is 52.0 Å². The van der Waals surface area contributed by atoms with Crippen LogP contribution in [0.25, 0.3) is 50.3 Å². The van der Waals surface area contributed by atoms with Crippen molar-refractivity contribution in [3.05, 3.63) is 144 Å². The lowest BCUT2D eigenvalue weighted by molar-refractivity contribution is 0.471. The second-order valence-electron chi connectivity index (χ2n) is 15.1. The largest absolute Gasteiger partial charge is 0.457 e. The summed E-state index contributed by atoms with van der Waals surface area (Å²) in [5.74, 6) is 4.46. The Morgan fingerprint density at radius 3 is 1.44 bits per heavy atom. The molecule has 0 fully saturated rings. The summed E-state index contributed by atoms with van der Waals surface area (Å²) in [5.41, 5.74) is 10.3. The molecule has 0 saturated carbocycles. The quantitative estimate of drug-likeness (QED) is 0.131. The van der Waals surface area contributed by atoms with E-state index >= 15 is 0 Å². The SMILES string of the molecule is Cc1ccnc(-c2ccc(CC(C)C)c(Oc3ccc4c5ccc(Oc6cc(-c7cc(C)ccn7)ccc6CC(C)C)cc5n(-c5ncncn5)c4c3)c2)c1. The van der Waals surface area contributed by atoms with Gasteiger partial charge in [-0.05, 0) is 121 Å². The number of fused-ring (bicyclic) bond motifs is 3. The van der Waals surface area contributed by atoms with Gasteiger partial charge < -0.3 is 9.47 Å². The van der Waals surface area contributed by atoms with Crippen LogP contribution in [0, 0.1) is 25.7 Å². The highest BCUT2D eigenvalue weighted by Crippen LogP contribution is 2.39. The third-order valence-corrected chi connectivity index (χ3v) is 9.66. The van der Waals surface area contributed by atoms with Crippen molar-refractivity contribution >= 4 is 21.8 Å². The minimum absolute atomic E-state index is 0.457. The van der Waals surface area contributed by atoms with Crippen LogP contribution in [0.2, 0.25) is 0 Å². The van der Waals surface area contributed by atoms with Crippen LogP contribution >= 0.6 is 0 Å². The van der Waals surface area contributed by atoms with Crippen LogP contribution in [0.1, 0.15) is 49.9 Å². The zero-order valence-corrected chi connectivity index (χ0v) is 32.1. The summed E-state index contributed by atoms with van der Waals surface area (Å²) in [4.78, 5) is 22.6. The average molecular weight is 725 g/mol. The molecule has 4 aromatic carbocycles. The molecule has 0 atom stereocenters. The van der Waals surface area contributed by atoms with Crippen molar-refractivity contribution in [2.75, 3.05) is 0 Å². The summed E-state index contributed by atoms with van der Waals surface area (Å²) in [6, 6.07) is 33.4. The molecule has 55 heavy (non-hydrogen) atoms. The highest BCUT2D eigenvalue weighted by molar-refractivity contribution is 6.09. The van der Waals surface area contributed by atoms with Crippen LogP contribution in [0.4, 0.5) is 0 Å². The Morgan fingerprint density at radius 2 is 1.00 bits per heavy atom. The molecule has 0 amide bonds. The van der Waals surface area contributed by atoms with E-state index < -0.39 is 0 Å². The molecule has 0 spiro atoms. The molecular weight excluding hydrogens is 681 g/mol.